The molecule has 230 valence electrons. The molecule has 1 unspecified atom stereocenters. The minimum absolute atomic E-state index is 0.0484. The zero-order valence-corrected chi connectivity index (χ0v) is 27.3. The van der Waals surface area contributed by atoms with Gasteiger partial charge in [-0.1, -0.05) is 88.7 Å². The molecule has 1 aromatic rings. The molecule has 0 aromatic carbocycles. The number of nitriles is 1. The number of carbonyl (C=O) groups excluding carboxylic acids is 2. The highest BCUT2D eigenvalue weighted by Gasteiger charge is 2.34. The maximum atomic E-state index is 13.5. The Morgan fingerprint density at radius 3 is 2.36 bits per heavy atom. The Morgan fingerprint density at radius 1 is 1.10 bits per heavy atom. The number of amides is 1. The van der Waals surface area contributed by atoms with Crippen LogP contribution in [-0.4, -0.2) is 51.9 Å². The zero-order chi connectivity index (χ0) is 30.6. The van der Waals surface area contributed by atoms with Crippen LogP contribution in [0.25, 0.3) is 6.08 Å². The van der Waals surface area contributed by atoms with Crippen LogP contribution in [0, 0.1) is 24.2 Å². The average Bonchev–Trinajstić information content (AvgIpc) is 3.24. The van der Waals surface area contributed by atoms with Gasteiger partial charge in [0.25, 0.3) is 11.5 Å². The normalized spacial score (nSPS) is 18.2. The molecule has 0 N–H and O–H groups in total. The molecule has 1 amide bonds. The summed E-state index contributed by atoms with van der Waals surface area (Å²) in [6.07, 6.45) is 15.5. The highest BCUT2D eigenvalue weighted by Crippen LogP contribution is 2.37. The van der Waals surface area contributed by atoms with Crippen LogP contribution in [0.4, 0.5) is 5.82 Å². The van der Waals surface area contributed by atoms with Gasteiger partial charge in [-0.25, -0.2) is 0 Å². The number of unbranched alkanes of at least 4 members (excludes halogenated alkanes) is 9. The molecule has 42 heavy (non-hydrogen) atoms. The average molecular weight is 615 g/mol. The summed E-state index contributed by atoms with van der Waals surface area (Å²) in [7, 11) is 1.64. The van der Waals surface area contributed by atoms with E-state index in [1.807, 2.05) is 4.90 Å². The van der Waals surface area contributed by atoms with Crippen LogP contribution >= 0.6 is 24.0 Å². The molecule has 10 heteroatoms. The predicted octanol–water partition coefficient (Wildman–Crippen LogP) is 6.47. The summed E-state index contributed by atoms with van der Waals surface area (Å²) in [6, 6.07) is 2.05. The van der Waals surface area contributed by atoms with Crippen molar-refractivity contribution >= 4 is 52.1 Å². The van der Waals surface area contributed by atoms with Crippen LogP contribution in [0.5, 0.6) is 0 Å². The molecule has 3 heterocycles. The van der Waals surface area contributed by atoms with Gasteiger partial charge in [-0.05, 0) is 44.7 Å². The molecule has 2 aliphatic heterocycles. The molecular formula is C32H46N4O4S2. The zero-order valence-electron chi connectivity index (χ0n) is 25.7. The molecule has 1 aromatic heterocycles. The Balaban J connectivity index is 1.75. The maximum absolute atomic E-state index is 13.5. The van der Waals surface area contributed by atoms with Crippen LogP contribution < -0.4 is 10.5 Å². The largest absolute Gasteiger partial charge is 0.466 e. The number of piperidine rings is 1. The van der Waals surface area contributed by atoms with Gasteiger partial charge < -0.3 is 9.64 Å². The lowest BCUT2D eigenvalue weighted by Gasteiger charge is -2.35. The molecule has 8 nitrogen and oxygen atoms in total. The van der Waals surface area contributed by atoms with E-state index < -0.39 is 5.56 Å². The van der Waals surface area contributed by atoms with E-state index in [4.69, 9.17) is 17.0 Å². The van der Waals surface area contributed by atoms with Crippen molar-refractivity contribution in [2.45, 2.75) is 97.8 Å². The van der Waals surface area contributed by atoms with E-state index >= 15 is 0 Å². The summed E-state index contributed by atoms with van der Waals surface area (Å²) in [4.78, 5) is 43.3. The molecule has 0 spiro atoms. The summed E-state index contributed by atoms with van der Waals surface area (Å²) < 4.78 is 7.28. The van der Waals surface area contributed by atoms with Crippen molar-refractivity contribution in [1.82, 2.24) is 9.47 Å². The van der Waals surface area contributed by atoms with Gasteiger partial charge in [0.15, 0.2) is 0 Å². The molecule has 1 atom stereocenters. The molecule has 2 saturated heterocycles. The van der Waals surface area contributed by atoms with Crippen molar-refractivity contribution < 1.29 is 14.3 Å². The first-order chi connectivity index (χ1) is 20.2. The Bertz CT molecular complexity index is 1270. The fourth-order valence-corrected chi connectivity index (χ4v) is 7.09. The SMILES string of the molecule is CCCCCCCCCCCCN1C(=O)/C(=C\c2c(C)c(C#N)c(=O)n(C)c2N2CCCC(C(=O)OCC)C2)SC1=S. The number of carbonyl (C=O) groups is 2. The summed E-state index contributed by atoms with van der Waals surface area (Å²) in [5.41, 5.74) is 0.813. The van der Waals surface area contributed by atoms with E-state index in [0.29, 0.717) is 58.8 Å². The van der Waals surface area contributed by atoms with Gasteiger partial charge in [0.2, 0.25) is 0 Å². The van der Waals surface area contributed by atoms with Gasteiger partial charge in [0, 0.05) is 32.2 Å². The second-order valence-electron chi connectivity index (χ2n) is 11.3. The number of hydrogen-bond donors (Lipinski definition) is 0. The number of aromatic nitrogens is 1. The predicted molar refractivity (Wildman–Crippen MR) is 174 cm³/mol. The number of pyridine rings is 1. The third kappa shape index (κ3) is 8.47. The van der Waals surface area contributed by atoms with Crippen molar-refractivity contribution in [2.24, 2.45) is 13.0 Å². The van der Waals surface area contributed by atoms with Crippen molar-refractivity contribution in [3.05, 3.63) is 31.9 Å². The van der Waals surface area contributed by atoms with Gasteiger partial charge in [-0.15, -0.1) is 0 Å². The number of thioether (sulfide) groups is 1. The Labute approximate surface area is 260 Å². The fourth-order valence-electron chi connectivity index (χ4n) is 5.80. The van der Waals surface area contributed by atoms with E-state index in [-0.39, 0.29) is 23.4 Å². The number of nitrogens with zero attached hydrogens (tertiary/aromatic N) is 4. The number of hydrogen-bond acceptors (Lipinski definition) is 8. The van der Waals surface area contributed by atoms with Crippen molar-refractivity contribution in [1.29, 1.82) is 5.26 Å². The monoisotopic (exact) mass is 614 g/mol. The van der Waals surface area contributed by atoms with Gasteiger partial charge in [-0.2, -0.15) is 5.26 Å². The lowest BCUT2D eigenvalue weighted by molar-refractivity contribution is -0.148. The van der Waals surface area contributed by atoms with E-state index in [9.17, 15) is 19.6 Å². The fraction of sp³-hybridized carbons (Fsp3) is 0.656. The second-order valence-corrected chi connectivity index (χ2v) is 12.9. The number of anilines is 1. The smallest absolute Gasteiger partial charge is 0.310 e. The van der Waals surface area contributed by atoms with E-state index in [0.717, 1.165) is 19.3 Å². The second kappa shape index (κ2) is 16.9. The van der Waals surface area contributed by atoms with Crippen LogP contribution in [-0.2, 0) is 21.4 Å². The van der Waals surface area contributed by atoms with Gasteiger partial charge >= 0.3 is 5.97 Å². The molecule has 0 bridgehead atoms. The summed E-state index contributed by atoms with van der Waals surface area (Å²) in [5, 5.41) is 9.78. The van der Waals surface area contributed by atoms with Crippen LogP contribution in [0.1, 0.15) is 108 Å². The molecule has 0 saturated carbocycles. The quantitative estimate of drug-likeness (QED) is 0.0961. The van der Waals surface area contributed by atoms with E-state index in [2.05, 4.69) is 13.0 Å². The molecular weight excluding hydrogens is 569 g/mol. The van der Waals surface area contributed by atoms with Gasteiger partial charge in [0.05, 0.1) is 17.4 Å². The van der Waals surface area contributed by atoms with Crippen molar-refractivity contribution in [2.75, 3.05) is 31.1 Å². The van der Waals surface area contributed by atoms with E-state index in [1.165, 1.54) is 67.7 Å². The number of ether oxygens (including phenoxy) is 1. The standard InChI is InChI=1S/C32H46N4O4S2/c1-5-7-8-9-10-11-12-13-14-15-19-36-30(38)27(42-32(36)41)20-25-23(3)26(21-33)29(37)34(4)28(25)35-18-16-17-24(22-35)31(39)40-6-2/h20,24H,5-19,22H2,1-4H3/b27-20+. The first-order valence-corrected chi connectivity index (χ1v) is 16.8. The minimum Gasteiger partial charge on any atom is -0.466 e. The first-order valence-electron chi connectivity index (χ1n) is 15.6. The number of thiocarbonyl (C=S) groups is 1. The van der Waals surface area contributed by atoms with Crippen LogP contribution in [0.2, 0.25) is 0 Å². The van der Waals surface area contributed by atoms with Crippen molar-refractivity contribution in [3.63, 3.8) is 0 Å². The third-order valence-electron chi connectivity index (χ3n) is 8.19. The minimum atomic E-state index is -0.395. The number of rotatable bonds is 15. The summed E-state index contributed by atoms with van der Waals surface area (Å²) in [6.45, 7) is 7.72. The Morgan fingerprint density at radius 2 is 1.74 bits per heavy atom. The maximum Gasteiger partial charge on any atom is 0.310 e. The highest BCUT2D eigenvalue weighted by molar-refractivity contribution is 8.26. The van der Waals surface area contributed by atoms with Crippen LogP contribution in [0.15, 0.2) is 9.70 Å². The summed E-state index contributed by atoms with van der Waals surface area (Å²) in [5.74, 6) is -0.0871. The van der Waals surface area contributed by atoms with Gasteiger partial charge in [-0.3, -0.25) is 23.9 Å². The molecule has 3 rings (SSSR count). The van der Waals surface area contributed by atoms with Crippen molar-refractivity contribution in [3.8, 4) is 6.07 Å². The topological polar surface area (TPSA) is 95.6 Å². The van der Waals surface area contributed by atoms with E-state index in [1.54, 1.807) is 31.9 Å². The first kappa shape index (κ1) is 33.9. The lowest BCUT2D eigenvalue weighted by atomic mass is 9.96. The van der Waals surface area contributed by atoms with Gasteiger partial charge in [0.1, 0.15) is 21.8 Å². The molecule has 2 aliphatic rings. The summed E-state index contributed by atoms with van der Waals surface area (Å²) >= 11 is 6.86. The molecule has 0 radical (unpaired) electrons. The highest BCUT2D eigenvalue weighted by atomic mass is 32.2. The Hall–Kier alpha value is -2.64. The van der Waals surface area contributed by atoms with Crippen LogP contribution in [0.3, 0.4) is 0 Å². The Kier molecular flexibility index (Phi) is 13.6. The number of esters is 1. The molecule has 0 aliphatic carbocycles. The molecule has 2 fully saturated rings. The third-order valence-corrected chi connectivity index (χ3v) is 9.57. The lowest BCUT2D eigenvalue weighted by Crippen LogP contribution is -2.42.